The quantitative estimate of drug-likeness (QED) is 0.261. The number of hydrogen-bond acceptors (Lipinski definition) is 4. The number of nitrogens with one attached hydrogen (secondary N) is 4. The topological polar surface area (TPSA) is 48.1 Å². The maximum atomic E-state index is 2.50. The van der Waals surface area contributed by atoms with Gasteiger partial charge in [0.2, 0.25) is 0 Å². The molecule has 4 heteroatoms. The van der Waals surface area contributed by atoms with Crippen LogP contribution < -0.4 is 22.1 Å². The van der Waals surface area contributed by atoms with Crippen LogP contribution in [-0.4, -0.2) is 0 Å². The molecule has 1 rings (SSSR count). The summed E-state index contributed by atoms with van der Waals surface area (Å²) in [5.74, 6) is 0. The van der Waals surface area contributed by atoms with E-state index < -0.39 is 0 Å². The van der Waals surface area contributed by atoms with Gasteiger partial charge in [0.05, 0.1) is 0 Å². The minimum atomic E-state index is 2.50. The van der Waals surface area contributed by atoms with E-state index in [1.165, 1.54) is 0 Å². The van der Waals surface area contributed by atoms with E-state index in [4.69, 9.17) is 0 Å². The molecule has 0 aliphatic carbocycles. The summed E-state index contributed by atoms with van der Waals surface area (Å²) in [6, 6.07) is 0. The van der Waals surface area contributed by atoms with Gasteiger partial charge in [-0.1, -0.05) is 0 Å². The van der Waals surface area contributed by atoms with Crippen molar-refractivity contribution in [2.75, 3.05) is 0 Å². The van der Waals surface area contributed by atoms with Gasteiger partial charge in [0.15, 0.2) is 0 Å². The van der Waals surface area contributed by atoms with Crippen molar-refractivity contribution in [3.63, 3.8) is 0 Å². The van der Waals surface area contributed by atoms with Crippen LogP contribution in [-0.2, 0) is 0 Å². The van der Waals surface area contributed by atoms with Gasteiger partial charge in [-0.15, -0.1) is 0 Å². The van der Waals surface area contributed by atoms with Gasteiger partial charge in [-0.25, -0.2) is 0 Å². The van der Waals surface area contributed by atoms with Gasteiger partial charge >= 0.3 is 0 Å². The molecule has 0 bridgehead atoms. The summed E-state index contributed by atoms with van der Waals surface area (Å²) in [6.07, 6.45) is 0. The highest BCUT2D eigenvalue weighted by atomic mass is 16.0. The zero-order valence-electron chi connectivity index (χ0n) is 2.00. The van der Waals surface area contributed by atoms with E-state index in [9.17, 15) is 0 Å². The van der Waals surface area contributed by atoms with Gasteiger partial charge in [-0.2, -0.15) is 22.1 Å². The van der Waals surface area contributed by atoms with Crippen molar-refractivity contribution < 1.29 is 0 Å². The highest BCUT2D eigenvalue weighted by Crippen LogP contribution is 1.29. The van der Waals surface area contributed by atoms with Gasteiger partial charge in [0, 0.05) is 0 Å². The van der Waals surface area contributed by atoms with Crippen LogP contribution in [0.2, 0.25) is 0 Å². The average molecular weight is 60.1 g/mol. The van der Waals surface area contributed by atoms with E-state index >= 15 is 0 Å². The molecule has 1 saturated heterocycles. The Hall–Kier alpha value is -0.160. The third-order valence-corrected chi connectivity index (χ3v) is 0.250. The Bertz CT molecular complexity index is 8.00. The molecule has 0 aromatic carbocycles. The summed E-state index contributed by atoms with van der Waals surface area (Å²) in [5.41, 5.74) is 10.0. The Morgan fingerprint density at radius 1 is 0.500 bits per heavy atom. The second-order valence-electron chi connectivity index (χ2n) is 0.500. The minimum absolute atomic E-state index is 2.50. The fourth-order valence-corrected chi connectivity index (χ4v) is 0.0625. The zero-order chi connectivity index (χ0) is 2.83. The number of hydrazine groups is 4. The molecular formula is H4N4. The normalized spacial score (nSPS) is 24.0. The molecule has 4 N–H and O–H groups in total. The van der Waals surface area contributed by atoms with Crippen LogP contribution in [0.3, 0.4) is 0 Å². The highest BCUT2D eigenvalue weighted by molar-refractivity contribution is 4.17. The zero-order valence-corrected chi connectivity index (χ0v) is 2.00. The molecule has 4 heavy (non-hydrogen) atoms. The van der Waals surface area contributed by atoms with Crippen LogP contribution in [0, 0.1) is 0 Å². The lowest BCUT2D eigenvalue weighted by Crippen LogP contribution is -2.71. The Balaban J connectivity index is 2.00. The number of hydrogen-bond donors (Lipinski definition) is 4. The Morgan fingerprint density at radius 2 is 0.750 bits per heavy atom. The van der Waals surface area contributed by atoms with Crippen molar-refractivity contribution in [3.05, 3.63) is 0 Å². The molecule has 1 heterocycles. The van der Waals surface area contributed by atoms with Crippen molar-refractivity contribution in [2.45, 2.75) is 0 Å². The van der Waals surface area contributed by atoms with Crippen LogP contribution in [0.5, 0.6) is 0 Å². The molecule has 0 radical (unpaired) electrons. The van der Waals surface area contributed by atoms with Crippen LogP contribution in [0.15, 0.2) is 0 Å². The van der Waals surface area contributed by atoms with E-state index in [1.807, 2.05) is 0 Å². The standard InChI is InChI=1S/H4N4/c1-2-4-3-1/h1-4H. The molecule has 0 atom stereocenters. The molecule has 0 unspecified atom stereocenters. The first-order chi connectivity index (χ1) is 2.00. The molecule has 1 fully saturated rings. The van der Waals surface area contributed by atoms with Crippen molar-refractivity contribution in [3.8, 4) is 0 Å². The fraction of sp³-hybridized carbons (Fsp3) is 0. The summed E-state index contributed by atoms with van der Waals surface area (Å²) in [6.45, 7) is 0. The third-order valence-electron chi connectivity index (χ3n) is 0.250. The summed E-state index contributed by atoms with van der Waals surface area (Å²) >= 11 is 0. The van der Waals surface area contributed by atoms with Gasteiger partial charge in [-0.05, 0) is 0 Å². The number of rotatable bonds is 0. The molecule has 0 aromatic rings. The summed E-state index contributed by atoms with van der Waals surface area (Å²) in [4.78, 5) is 0. The molecule has 1 aliphatic rings. The van der Waals surface area contributed by atoms with Gasteiger partial charge in [0.25, 0.3) is 0 Å². The van der Waals surface area contributed by atoms with E-state index in [0.717, 1.165) is 0 Å². The third kappa shape index (κ3) is 0.0880. The lowest BCUT2D eigenvalue weighted by molar-refractivity contribution is 0.174. The first-order valence-electron chi connectivity index (χ1n) is 1.00. The van der Waals surface area contributed by atoms with E-state index in [-0.39, 0.29) is 0 Å². The second kappa shape index (κ2) is 0.652. The van der Waals surface area contributed by atoms with Gasteiger partial charge in [0.1, 0.15) is 0 Å². The predicted molar refractivity (Wildman–Crippen MR) is 12.5 cm³/mol. The summed E-state index contributed by atoms with van der Waals surface area (Å²) < 4.78 is 0. The van der Waals surface area contributed by atoms with Crippen LogP contribution in [0.4, 0.5) is 0 Å². The molecule has 0 saturated carbocycles. The lowest BCUT2D eigenvalue weighted by atomic mass is 12.0. The van der Waals surface area contributed by atoms with Crippen LogP contribution in [0.25, 0.3) is 0 Å². The average Bonchev–Trinajstić information content (AvgIpc) is 0.722. The minimum Gasteiger partial charge on any atom is -0.164 e. The van der Waals surface area contributed by atoms with Crippen molar-refractivity contribution in [1.29, 1.82) is 0 Å². The van der Waals surface area contributed by atoms with Crippen LogP contribution in [0.1, 0.15) is 0 Å². The monoisotopic (exact) mass is 60.0 g/mol. The largest absolute Gasteiger partial charge is 0.164 e. The summed E-state index contributed by atoms with van der Waals surface area (Å²) in [5, 5.41) is 0. The maximum Gasteiger partial charge on any atom is -0.164 e. The molecule has 24 valence electrons. The first-order valence-corrected chi connectivity index (χ1v) is 1.00. The Kier molecular flexibility index (Phi) is 0.342. The first kappa shape index (κ1) is 2.10. The molecular weight excluding hydrogens is 56.0 g/mol. The second-order valence-corrected chi connectivity index (χ2v) is 0.500. The van der Waals surface area contributed by atoms with Crippen molar-refractivity contribution in [2.24, 2.45) is 0 Å². The predicted octanol–water partition coefficient (Wildman–Crippen LogP) is -1.98. The molecule has 0 aromatic heterocycles. The summed E-state index contributed by atoms with van der Waals surface area (Å²) in [7, 11) is 0. The van der Waals surface area contributed by atoms with Crippen molar-refractivity contribution in [1.82, 2.24) is 22.1 Å². The van der Waals surface area contributed by atoms with Gasteiger partial charge in [-0.3, -0.25) is 0 Å². The Labute approximate surface area is 23.4 Å². The van der Waals surface area contributed by atoms with E-state index in [1.54, 1.807) is 0 Å². The molecule has 1 aliphatic heterocycles. The fourth-order valence-electron chi connectivity index (χ4n) is 0.0625. The van der Waals surface area contributed by atoms with Crippen molar-refractivity contribution >= 4 is 0 Å². The maximum absolute atomic E-state index is 2.50. The smallest absolute Gasteiger partial charge is 0.164 e. The molecule has 0 spiro atoms. The highest BCUT2D eigenvalue weighted by Gasteiger charge is 1.84. The molecule has 0 amide bonds. The Morgan fingerprint density at radius 3 is 0.750 bits per heavy atom. The SMILES string of the molecule is N1NNN1. The van der Waals surface area contributed by atoms with E-state index in [2.05, 4.69) is 22.1 Å². The lowest BCUT2D eigenvalue weighted by Gasteiger charge is -2.16. The van der Waals surface area contributed by atoms with Gasteiger partial charge < -0.3 is 0 Å². The van der Waals surface area contributed by atoms with Crippen LogP contribution >= 0.6 is 0 Å². The molecule has 4 nitrogen and oxygen atoms in total. The van der Waals surface area contributed by atoms with E-state index in [0.29, 0.717) is 0 Å².